The van der Waals surface area contributed by atoms with Gasteiger partial charge >= 0.3 is 37.7 Å². The van der Waals surface area contributed by atoms with Crippen LogP contribution in [0.2, 0.25) is 0 Å². The molecule has 2 aromatic carbocycles. The van der Waals surface area contributed by atoms with Gasteiger partial charge in [-0.3, -0.25) is 0 Å². The molecule has 0 aliphatic rings. The van der Waals surface area contributed by atoms with Gasteiger partial charge in [-0.15, -0.1) is 0 Å². The van der Waals surface area contributed by atoms with Gasteiger partial charge in [0.25, 0.3) is 0 Å². The van der Waals surface area contributed by atoms with Crippen molar-refractivity contribution < 1.29 is 45.6 Å². The third-order valence-corrected chi connectivity index (χ3v) is 4.64. The van der Waals surface area contributed by atoms with Gasteiger partial charge in [0, 0.05) is 0 Å². The molecule has 0 heterocycles. The number of ether oxygens (including phenoxy) is 2. The zero-order valence-electron chi connectivity index (χ0n) is 14.1. The maximum absolute atomic E-state index is 10.6. The average Bonchev–Trinajstić information content (AvgIpc) is 2.53. The second-order valence-electron chi connectivity index (χ2n) is 4.52. The maximum Gasteiger partial charge on any atom is 2.00 e. The Hall–Kier alpha value is -1.28. The summed E-state index contributed by atoms with van der Waals surface area (Å²) in [6.07, 6.45) is 0. The van der Waals surface area contributed by atoms with Gasteiger partial charge in [-0.25, -0.2) is 16.8 Å². The molecule has 13 heteroatoms. The minimum Gasteiger partial charge on any atom is -0.744 e. The van der Waals surface area contributed by atoms with Crippen LogP contribution in [0, 0.1) is 0 Å². The zero-order valence-corrected chi connectivity index (χ0v) is 18.0. The summed E-state index contributed by atoms with van der Waals surface area (Å²) in [5.41, 5.74) is 0. The first kappa shape index (κ1) is 25.7. The Labute approximate surface area is 185 Å². The van der Waals surface area contributed by atoms with Crippen LogP contribution < -0.4 is 9.47 Å². The van der Waals surface area contributed by atoms with E-state index in [0.717, 1.165) is 12.1 Å². The quantitative estimate of drug-likeness (QED) is 0.489. The molecule has 0 bridgehead atoms. The number of rotatable bonds is 4. The fourth-order valence-electron chi connectivity index (χ4n) is 1.74. The van der Waals surface area contributed by atoms with E-state index in [1.807, 2.05) is 0 Å². The van der Waals surface area contributed by atoms with E-state index in [0.29, 0.717) is 0 Å². The number of hydrogen-bond donors (Lipinski definition) is 2. The van der Waals surface area contributed by atoms with E-state index in [1.165, 1.54) is 38.5 Å². The molecule has 2 aromatic rings. The molecule has 0 aliphatic carbocycles. The molecule has 0 atom stereocenters. The van der Waals surface area contributed by atoms with Gasteiger partial charge in [0.05, 0.1) is 24.0 Å². The van der Waals surface area contributed by atoms with Crippen molar-refractivity contribution in [3.05, 3.63) is 36.4 Å². The van der Waals surface area contributed by atoms with E-state index in [4.69, 9.17) is 0 Å². The van der Waals surface area contributed by atoms with Gasteiger partial charge in [-0.1, -0.05) is 12.1 Å². The Kier molecular flexibility index (Phi) is 9.83. The zero-order chi connectivity index (χ0) is 20.1. The van der Waals surface area contributed by atoms with Gasteiger partial charge in [-0.05, 0) is 24.3 Å². The van der Waals surface area contributed by atoms with E-state index in [2.05, 4.69) is 9.47 Å². The van der Waals surface area contributed by atoms with E-state index >= 15 is 0 Å². The SMILES string of the molecule is COc1cccc(S(=O)(=O)[O-])c1O.COc1cccc(S(=O)(=O)[O-])c1O.[Ca+2]. The predicted octanol–water partition coefficient (Wildman–Crippen LogP) is 0.229. The fraction of sp³-hybridized carbons (Fsp3) is 0.143. The predicted molar refractivity (Wildman–Crippen MR) is 91.0 cm³/mol. The Bertz CT molecular complexity index is 905. The first-order valence-electron chi connectivity index (χ1n) is 6.57. The van der Waals surface area contributed by atoms with Crippen molar-refractivity contribution in [1.82, 2.24) is 0 Å². The van der Waals surface area contributed by atoms with Gasteiger partial charge in [0.1, 0.15) is 20.2 Å². The normalized spacial score (nSPS) is 10.8. The average molecular weight is 446 g/mol. The van der Waals surface area contributed by atoms with Crippen LogP contribution >= 0.6 is 0 Å². The van der Waals surface area contributed by atoms with Crippen LogP contribution in [0.25, 0.3) is 0 Å². The second-order valence-corrected chi connectivity index (χ2v) is 7.22. The van der Waals surface area contributed by atoms with Gasteiger partial charge in [0.2, 0.25) is 0 Å². The summed E-state index contributed by atoms with van der Waals surface area (Å²) < 4.78 is 72.6. The summed E-state index contributed by atoms with van der Waals surface area (Å²) in [7, 11) is -6.77. The number of phenols is 2. The Morgan fingerprint density at radius 3 is 1.26 bits per heavy atom. The third kappa shape index (κ3) is 6.99. The molecule has 144 valence electrons. The maximum atomic E-state index is 10.6. The smallest absolute Gasteiger partial charge is 0.744 e. The molecule has 0 saturated heterocycles. The largest absolute Gasteiger partial charge is 2.00 e. The van der Waals surface area contributed by atoms with Gasteiger partial charge < -0.3 is 28.8 Å². The number of methoxy groups -OCH3 is 2. The van der Waals surface area contributed by atoms with Crippen molar-refractivity contribution in [3.8, 4) is 23.0 Å². The topological polar surface area (TPSA) is 173 Å². The molecule has 27 heavy (non-hydrogen) atoms. The van der Waals surface area contributed by atoms with Crippen LogP contribution in [0.5, 0.6) is 23.0 Å². The van der Waals surface area contributed by atoms with E-state index < -0.39 is 41.5 Å². The Morgan fingerprint density at radius 2 is 1.04 bits per heavy atom. The van der Waals surface area contributed by atoms with Gasteiger partial charge in [-0.2, -0.15) is 0 Å². The van der Waals surface area contributed by atoms with Crippen LogP contribution in [-0.4, -0.2) is 88.1 Å². The molecule has 0 aromatic heterocycles. The standard InChI is InChI=1S/2C7H8O5S.Ca/c2*1-12-5-3-2-4-6(7(5)8)13(9,10)11;/h2*2-4,8H,1H3,(H,9,10,11);/q;;+2/p-2. The number of phenolic OH excluding ortho intramolecular Hbond substituents is 2. The molecule has 2 rings (SSSR count). The molecule has 0 unspecified atom stereocenters. The number of aromatic hydroxyl groups is 2. The minimum atomic E-state index is -4.65. The summed E-state index contributed by atoms with van der Waals surface area (Å²) in [5.74, 6) is -1.39. The van der Waals surface area contributed by atoms with Crippen LogP contribution in [0.4, 0.5) is 0 Å². The van der Waals surface area contributed by atoms with Crippen molar-refractivity contribution in [2.24, 2.45) is 0 Å². The molecular weight excluding hydrogens is 432 g/mol. The molecule has 2 N–H and O–H groups in total. The van der Waals surface area contributed by atoms with Crippen molar-refractivity contribution in [1.29, 1.82) is 0 Å². The second kappa shape index (κ2) is 10.3. The first-order valence-corrected chi connectivity index (χ1v) is 9.38. The van der Waals surface area contributed by atoms with E-state index in [-0.39, 0.29) is 49.2 Å². The van der Waals surface area contributed by atoms with Crippen LogP contribution in [-0.2, 0) is 20.2 Å². The van der Waals surface area contributed by atoms with Crippen LogP contribution in [0.15, 0.2) is 46.2 Å². The fourth-order valence-corrected chi connectivity index (χ4v) is 2.90. The monoisotopic (exact) mass is 446 g/mol. The summed E-state index contributed by atoms with van der Waals surface area (Å²) >= 11 is 0. The number of benzene rings is 2. The summed E-state index contributed by atoms with van der Waals surface area (Å²) in [5, 5.41) is 18.4. The molecule has 0 saturated carbocycles. The third-order valence-electron chi connectivity index (χ3n) is 2.90. The Balaban J connectivity index is 0.000000483. The van der Waals surface area contributed by atoms with E-state index in [1.54, 1.807) is 0 Å². The molecule has 0 radical (unpaired) electrons. The molecule has 0 amide bonds. The minimum absolute atomic E-state index is 0. The summed E-state index contributed by atoms with van der Waals surface area (Å²) in [6.45, 7) is 0. The Morgan fingerprint density at radius 1 is 0.741 bits per heavy atom. The molecule has 0 fully saturated rings. The van der Waals surface area contributed by atoms with Crippen molar-refractivity contribution >= 4 is 58.0 Å². The molecule has 10 nitrogen and oxygen atoms in total. The number of hydrogen-bond acceptors (Lipinski definition) is 10. The van der Waals surface area contributed by atoms with Crippen molar-refractivity contribution in [2.45, 2.75) is 9.79 Å². The van der Waals surface area contributed by atoms with Gasteiger partial charge in [0.15, 0.2) is 23.0 Å². The molecule has 0 aliphatic heterocycles. The molecular formula is C14H14CaO10S2. The number of para-hydroxylation sites is 2. The molecule has 0 spiro atoms. The van der Waals surface area contributed by atoms with Crippen molar-refractivity contribution in [2.75, 3.05) is 14.2 Å². The van der Waals surface area contributed by atoms with Crippen LogP contribution in [0.3, 0.4) is 0 Å². The van der Waals surface area contributed by atoms with Crippen LogP contribution in [0.1, 0.15) is 0 Å². The summed E-state index contributed by atoms with van der Waals surface area (Å²) in [4.78, 5) is -1.35. The van der Waals surface area contributed by atoms with E-state index in [9.17, 15) is 36.2 Å². The first-order chi connectivity index (χ1) is 11.9. The summed E-state index contributed by atoms with van der Waals surface area (Å²) in [6, 6.07) is 7.35. The van der Waals surface area contributed by atoms with Crippen molar-refractivity contribution in [3.63, 3.8) is 0 Å².